The highest BCUT2D eigenvalue weighted by molar-refractivity contribution is 5.80. The number of nitrogens with one attached hydrogen (secondary N) is 2. The Labute approximate surface area is 162 Å². The van der Waals surface area contributed by atoms with E-state index in [0.717, 1.165) is 57.2 Å². The van der Waals surface area contributed by atoms with Crippen LogP contribution in [-0.4, -0.2) is 51.1 Å². The van der Waals surface area contributed by atoms with Crippen molar-refractivity contribution in [3.8, 4) is 5.75 Å². The molecule has 6 heteroatoms. The molecule has 0 amide bonds. The molecule has 150 valence electrons. The van der Waals surface area contributed by atoms with Gasteiger partial charge in [-0.05, 0) is 39.2 Å². The standard InChI is InChI=1S/C21H33N3O3/c1-21(2)14-18(17-9-4-5-10-19(17)27-21)24-20(22-3)23-11-7-12-25-15-16-8-6-13-26-16/h4-5,9-10,16,18H,6-8,11-15H2,1-3H3,(H2,22,23,24). The monoisotopic (exact) mass is 375 g/mol. The number of guanidine groups is 1. The van der Waals surface area contributed by atoms with Crippen LogP contribution in [0.5, 0.6) is 5.75 Å². The number of hydrogen-bond acceptors (Lipinski definition) is 4. The highest BCUT2D eigenvalue weighted by Crippen LogP contribution is 2.39. The maximum Gasteiger partial charge on any atom is 0.191 e. The molecule has 3 rings (SSSR count). The van der Waals surface area contributed by atoms with Crippen molar-refractivity contribution in [3.63, 3.8) is 0 Å². The summed E-state index contributed by atoms with van der Waals surface area (Å²) in [7, 11) is 1.81. The molecular weight excluding hydrogens is 342 g/mol. The molecule has 1 saturated heterocycles. The van der Waals surface area contributed by atoms with Gasteiger partial charge in [-0.1, -0.05) is 18.2 Å². The van der Waals surface area contributed by atoms with Gasteiger partial charge in [0.15, 0.2) is 5.96 Å². The maximum absolute atomic E-state index is 6.11. The number of nitrogens with zero attached hydrogens (tertiary/aromatic N) is 1. The van der Waals surface area contributed by atoms with Crippen LogP contribution in [0.2, 0.25) is 0 Å². The van der Waals surface area contributed by atoms with Crippen LogP contribution < -0.4 is 15.4 Å². The molecule has 2 aliphatic heterocycles. The number of hydrogen-bond donors (Lipinski definition) is 2. The highest BCUT2D eigenvalue weighted by atomic mass is 16.5. The zero-order valence-corrected chi connectivity index (χ0v) is 16.8. The molecular formula is C21H33N3O3. The molecule has 0 spiro atoms. The summed E-state index contributed by atoms with van der Waals surface area (Å²) in [5.74, 6) is 1.76. The van der Waals surface area contributed by atoms with E-state index in [2.05, 4.69) is 41.6 Å². The quantitative estimate of drug-likeness (QED) is 0.436. The Kier molecular flexibility index (Phi) is 6.96. The van der Waals surface area contributed by atoms with Gasteiger partial charge in [0.25, 0.3) is 0 Å². The van der Waals surface area contributed by atoms with Gasteiger partial charge in [-0.2, -0.15) is 0 Å². The number of fused-ring (bicyclic) bond motifs is 1. The molecule has 0 radical (unpaired) electrons. The Hall–Kier alpha value is -1.79. The summed E-state index contributed by atoms with van der Waals surface area (Å²) in [5, 5.41) is 6.94. The fourth-order valence-corrected chi connectivity index (χ4v) is 3.66. The lowest BCUT2D eigenvalue weighted by molar-refractivity contribution is 0.0168. The molecule has 1 aromatic rings. The third kappa shape index (κ3) is 5.84. The van der Waals surface area contributed by atoms with Gasteiger partial charge in [-0.3, -0.25) is 4.99 Å². The Morgan fingerprint density at radius 1 is 1.33 bits per heavy atom. The Morgan fingerprint density at radius 2 is 2.19 bits per heavy atom. The Morgan fingerprint density at radius 3 is 2.96 bits per heavy atom. The number of benzene rings is 1. The zero-order valence-electron chi connectivity index (χ0n) is 16.8. The fraction of sp³-hybridized carbons (Fsp3) is 0.667. The molecule has 1 aromatic carbocycles. The molecule has 2 N–H and O–H groups in total. The van der Waals surface area contributed by atoms with E-state index in [9.17, 15) is 0 Å². The van der Waals surface area contributed by atoms with Gasteiger partial charge in [0.2, 0.25) is 0 Å². The summed E-state index contributed by atoms with van der Waals surface area (Å²) in [4.78, 5) is 4.38. The van der Waals surface area contributed by atoms with Crippen LogP contribution in [-0.2, 0) is 9.47 Å². The second kappa shape index (κ2) is 9.42. The molecule has 2 heterocycles. The van der Waals surface area contributed by atoms with E-state index in [4.69, 9.17) is 14.2 Å². The summed E-state index contributed by atoms with van der Waals surface area (Å²) in [5.41, 5.74) is 0.973. The summed E-state index contributed by atoms with van der Waals surface area (Å²) in [6.07, 6.45) is 4.39. The van der Waals surface area contributed by atoms with E-state index in [1.807, 2.05) is 12.1 Å². The fourth-order valence-electron chi connectivity index (χ4n) is 3.66. The zero-order chi connectivity index (χ0) is 19.1. The topological polar surface area (TPSA) is 64.1 Å². The van der Waals surface area contributed by atoms with E-state index >= 15 is 0 Å². The van der Waals surface area contributed by atoms with Gasteiger partial charge < -0.3 is 24.8 Å². The molecule has 2 unspecified atom stereocenters. The van der Waals surface area contributed by atoms with Crippen molar-refractivity contribution in [1.82, 2.24) is 10.6 Å². The predicted molar refractivity (Wildman–Crippen MR) is 107 cm³/mol. The van der Waals surface area contributed by atoms with Crippen molar-refractivity contribution < 1.29 is 14.2 Å². The third-order valence-corrected chi connectivity index (χ3v) is 5.00. The Bertz CT molecular complexity index is 627. The van der Waals surface area contributed by atoms with E-state index in [-0.39, 0.29) is 11.6 Å². The van der Waals surface area contributed by atoms with Crippen LogP contribution in [0.1, 0.15) is 51.1 Å². The third-order valence-electron chi connectivity index (χ3n) is 5.00. The van der Waals surface area contributed by atoms with Crippen LogP contribution in [0.15, 0.2) is 29.3 Å². The van der Waals surface area contributed by atoms with Crippen LogP contribution in [0.3, 0.4) is 0 Å². The smallest absolute Gasteiger partial charge is 0.191 e. The second-order valence-electron chi connectivity index (χ2n) is 7.86. The SMILES string of the molecule is CN=C(NCCCOCC1CCCO1)NC1CC(C)(C)Oc2ccccc21. The van der Waals surface area contributed by atoms with E-state index < -0.39 is 0 Å². The molecule has 0 aliphatic carbocycles. The first kappa shape index (κ1) is 20.0. The largest absolute Gasteiger partial charge is 0.487 e. The molecule has 6 nitrogen and oxygen atoms in total. The first-order valence-corrected chi connectivity index (χ1v) is 10.0. The molecule has 0 aromatic heterocycles. The molecule has 2 aliphatic rings. The van der Waals surface area contributed by atoms with E-state index in [1.54, 1.807) is 7.05 Å². The summed E-state index contributed by atoms with van der Waals surface area (Å²) < 4.78 is 17.4. The first-order valence-electron chi connectivity index (χ1n) is 10.0. The highest BCUT2D eigenvalue weighted by Gasteiger charge is 2.33. The minimum atomic E-state index is -0.207. The van der Waals surface area contributed by atoms with Gasteiger partial charge >= 0.3 is 0 Å². The van der Waals surface area contributed by atoms with Crippen molar-refractivity contribution in [2.45, 2.75) is 57.3 Å². The molecule has 0 bridgehead atoms. The maximum atomic E-state index is 6.11. The van der Waals surface area contributed by atoms with Crippen LogP contribution in [0.25, 0.3) is 0 Å². The van der Waals surface area contributed by atoms with Gasteiger partial charge in [0, 0.05) is 38.8 Å². The van der Waals surface area contributed by atoms with Crippen molar-refractivity contribution in [2.24, 2.45) is 4.99 Å². The lowest BCUT2D eigenvalue weighted by Crippen LogP contribution is -2.45. The summed E-state index contributed by atoms with van der Waals surface area (Å²) >= 11 is 0. The van der Waals surface area contributed by atoms with Gasteiger partial charge in [0.05, 0.1) is 18.8 Å². The van der Waals surface area contributed by atoms with Crippen molar-refractivity contribution in [2.75, 3.05) is 33.4 Å². The average molecular weight is 376 g/mol. The summed E-state index contributed by atoms with van der Waals surface area (Å²) in [6, 6.07) is 8.39. The van der Waals surface area contributed by atoms with E-state index in [1.165, 1.54) is 5.56 Å². The number of aliphatic imine (C=N–C) groups is 1. The number of ether oxygens (including phenoxy) is 3. The first-order chi connectivity index (χ1) is 13.1. The Balaban J connectivity index is 1.43. The van der Waals surface area contributed by atoms with Gasteiger partial charge in [-0.15, -0.1) is 0 Å². The molecule has 27 heavy (non-hydrogen) atoms. The predicted octanol–water partition coefficient (Wildman–Crippen LogP) is 3.04. The summed E-state index contributed by atoms with van der Waals surface area (Å²) in [6.45, 7) is 7.39. The van der Waals surface area contributed by atoms with Crippen LogP contribution >= 0.6 is 0 Å². The lowest BCUT2D eigenvalue weighted by Gasteiger charge is -2.38. The normalized spacial score (nSPS) is 24.2. The second-order valence-corrected chi connectivity index (χ2v) is 7.86. The minimum Gasteiger partial charge on any atom is -0.487 e. The number of para-hydroxylation sites is 1. The van der Waals surface area contributed by atoms with Gasteiger partial charge in [0.1, 0.15) is 11.4 Å². The van der Waals surface area contributed by atoms with Gasteiger partial charge in [-0.25, -0.2) is 0 Å². The average Bonchev–Trinajstić information content (AvgIpc) is 3.16. The molecule has 2 atom stereocenters. The van der Waals surface area contributed by atoms with Crippen LogP contribution in [0.4, 0.5) is 0 Å². The molecule has 1 fully saturated rings. The number of rotatable bonds is 7. The van der Waals surface area contributed by atoms with E-state index in [0.29, 0.717) is 12.7 Å². The minimum absolute atomic E-state index is 0.173. The lowest BCUT2D eigenvalue weighted by atomic mass is 9.90. The molecule has 0 saturated carbocycles. The van der Waals surface area contributed by atoms with Crippen molar-refractivity contribution >= 4 is 5.96 Å². The van der Waals surface area contributed by atoms with Crippen molar-refractivity contribution in [1.29, 1.82) is 0 Å². The van der Waals surface area contributed by atoms with Crippen molar-refractivity contribution in [3.05, 3.63) is 29.8 Å². The van der Waals surface area contributed by atoms with Crippen LogP contribution in [0, 0.1) is 0 Å².